The Balaban J connectivity index is 1.18. The van der Waals surface area contributed by atoms with Crippen LogP contribution in [0.4, 0.5) is 14.6 Å². The van der Waals surface area contributed by atoms with Crippen LogP contribution in [0.2, 0.25) is 5.02 Å². The minimum Gasteiger partial charge on any atom is -0.491 e. The summed E-state index contributed by atoms with van der Waals surface area (Å²) >= 11 is 7.61. The lowest BCUT2D eigenvalue weighted by Crippen LogP contribution is -2.48. The molecule has 1 N–H and O–H groups in total. The molecule has 2 atom stereocenters. The van der Waals surface area contributed by atoms with E-state index in [2.05, 4.69) is 16.0 Å². The highest BCUT2D eigenvalue weighted by atomic mass is 35.5. The predicted molar refractivity (Wildman–Crippen MR) is 173 cm³/mol. The molecular weight excluding hydrogens is 652 g/mol. The van der Waals surface area contributed by atoms with Gasteiger partial charge in [-0.3, -0.25) is 19.2 Å². The third-order valence-corrected chi connectivity index (χ3v) is 9.87. The van der Waals surface area contributed by atoms with Gasteiger partial charge in [0, 0.05) is 59.1 Å². The van der Waals surface area contributed by atoms with Crippen LogP contribution < -0.4 is 15.2 Å². The van der Waals surface area contributed by atoms with Gasteiger partial charge in [0.1, 0.15) is 29.8 Å². The van der Waals surface area contributed by atoms with Crippen molar-refractivity contribution in [2.24, 2.45) is 0 Å². The van der Waals surface area contributed by atoms with E-state index in [0.717, 1.165) is 0 Å². The van der Waals surface area contributed by atoms with E-state index in [0.29, 0.717) is 68.8 Å². The second kappa shape index (κ2) is 12.1. The maximum Gasteiger partial charge on any atom is 0.338 e. The number of carboxylic acid groups (broad SMARTS) is 1. The molecule has 11 nitrogen and oxygen atoms in total. The number of hydrogen-bond acceptors (Lipinski definition) is 10. The molecule has 1 saturated carbocycles. The number of fused-ring (bicyclic) bond motifs is 3. The van der Waals surface area contributed by atoms with Crippen LogP contribution in [-0.4, -0.2) is 80.2 Å². The summed E-state index contributed by atoms with van der Waals surface area (Å²) in [6, 6.07) is 8.93. The van der Waals surface area contributed by atoms with E-state index >= 15 is 0 Å². The van der Waals surface area contributed by atoms with Crippen molar-refractivity contribution >= 4 is 55.8 Å². The summed E-state index contributed by atoms with van der Waals surface area (Å²) in [6.45, 7) is 2.50. The van der Waals surface area contributed by atoms with Crippen molar-refractivity contribution in [3.63, 3.8) is 0 Å². The number of alkyl halides is 2. The number of carbonyl (C=O) groups is 1. The van der Waals surface area contributed by atoms with Crippen LogP contribution in [0.25, 0.3) is 32.2 Å². The first-order valence-electron chi connectivity index (χ1n) is 14.8. The molecule has 0 amide bonds. The Morgan fingerprint density at radius 3 is 2.81 bits per heavy atom. The topological polar surface area (TPSA) is 137 Å². The van der Waals surface area contributed by atoms with Gasteiger partial charge in [0.15, 0.2) is 5.82 Å². The van der Waals surface area contributed by atoms with Gasteiger partial charge in [0.2, 0.25) is 0 Å². The lowest BCUT2D eigenvalue weighted by atomic mass is 10.0. The van der Waals surface area contributed by atoms with Crippen LogP contribution in [-0.2, 0) is 6.54 Å². The molecular formula is C32H26ClF2N7O4S. The fourth-order valence-electron chi connectivity index (χ4n) is 6.39. The molecule has 0 bridgehead atoms. The van der Waals surface area contributed by atoms with Gasteiger partial charge in [-0.05, 0) is 37.6 Å². The van der Waals surface area contributed by atoms with Crippen molar-refractivity contribution in [3.8, 4) is 22.9 Å². The number of aryl methyl sites for hydroxylation is 1. The van der Waals surface area contributed by atoms with Gasteiger partial charge in [-0.2, -0.15) is 5.26 Å². The Bertz CT molecular complexity index is 2170. The fraction of sp³-hybridized carbons (Fsp3) is 0.312. The summed E-state index contributed by atoms with van der Waals surface area (Å²) in [5.74, 6) is 0.279. The zero-order chi connectivity index (χ0) is 33.0. The molecule has 47 heavy (non-hydrogen) atoms. The monoisotopic (exact) mass is 677 g/mol. The quantitative estimate of drug-likeness (QED) is 0.221. The van der Waals surface area contributed by atoms with E-state index in [1.54, 1.807) is 41.5 Å². The number of anilines is 1. The van der Waals surface area contributed by atoms with E-state index in [1.807, 2.05) is 4.90 Å². The van der Waals surface area contributed by atoms with Crippen molar-refractivity contribution in [2.75, 3.05) is 31.1 Å². The normalized spacial score (nSPS) is 17.7. The van der Waals surface area contributed by atoms with Crippen LogP contribution in [0, 0.1) is 18.3 Å². The van der Waals surface area contributed by atoms with Crippen LogP contribution in [0.1, 0.15) is 28.2 Å². The first kappa shape index (κ1) is 30.9. The van der Waals surface area contributed by atoms with E-state index in [1.165, 1.54) is 28.3 Å². The average Bonchev–Trinajstić information content (AvgIpc) is 3.73. The Morgan fingerprint density at radius 1 is 1.21 bits per heavy atom. The van der Waals surface area contributed by atoms with Gasteiger partial charge in [-0.1, -0.05) is 11.6 Å². The molecule has 15 heteroatoms. The number of thiophene rings is 1. The van der Waals surface area contributed by atoms with E-state index in [4.69, 9.17) is 21.3 Å². The maximum absolute atomic E-state index is 13.9. The third-order valence-electron chi connectivity index (χ3n) is 8.63. The zero-order valence-corrected chi connectivity index (χ0v) is 26.4. The first-order chi connectivity index (χ1) is 22.7. The Kier molecular flexibility index (Phi) is 7.99. The number of nitriles is 1. The number of carboxylic acids is 1. The Morgan fingerprint density at radius 2 is 2.04 bits per heavy atom. The molecule has 4 aromatic heterocycles. The largest absolute Gasteiger partial charge is 0.491 e. The molecule has 2 unspecified atom stereocenters. The summed E-state index contributed by atoms with van der Waals surface area (Å²) in [7, 11) is 0. The van der Waals surface area contributed by atoms with E-state index < -0.39 is 18.0 Å². The number of ether oxygens (including phenoxy) is 1. The minimum atomic E-state index is -2.41. The number of hydrogen-bond donors (Lipinski definition) is 1. The summed E-state index contributed by atoms with van der Waals surface area (Å²) in [5, 5.41) is 21.6. The number of aromatic carboxylic acids is 1. The molecule has 2 fully saturated rings. The second-order valence-electron chi connectivity index (χ2n) is 11.4. The van der Waals surface area contributed by atoms with Crippen molar-refractivity contribution in [2.45, 2.75) is 38.4 Å². The van der Waals surface area contributed by atoms with Crippen LogP contribution in [0.15, 0.2) is 46.8 Å². The van der Waals surface area contributed by atoms with Crippen LogP contribution in [0.3, 0.4) is 0 Å². The molecule has 0 spiro atoms. The van der Waals surface area contributed by atoms with Gasteiger partial charge >= 0.3 is 5.97 Å². The van der Waals surface area contributed by atoms with E-state index in [9.17, 15) is 28.7 Å². The summed E-state index contributed by atoms with van der Waals surface area (Å²) < 4.78 is 34.4. The highest BCUT2D eigenvalue weighted by molar-refractivity contribution is 7.18. The fourth-order valence-corrected chi connectivity index (χ4v) is 7.59. The molecule has 1 saturated heterocycles. The van der Waals surface area contributed by atoms with Gasteiger partial charge in [-0.15, -0.1) is 11.3 Å². The van der Waals surface area contributed by atoms with Crippen LogP contribution in [0.5, 0.6) is 5.75 Å². The van der Waals surface area contributed by atoms with Gasteiger partial charge in [-0.25, -0.2) is 23.5 Å². The van der Waals surface area contributed by atoms with Gasteiger partial charge in [0.05, 0.1) is 39.8 Å². The Hall–Kier alpha value is -4.71. The number of halogens is 3. The highest BCUT2D eigenvalue weighted by Gasteiger charge is 2.50. The molecule has 1 aliphatic heterocycles. The van der Waals surface area contributed by atoms with Crippen molar-refractivity contribution in [3.05, 3.63) is 74.4 Å². The lowest BCUT2D eigenvalue weighted by molar-refractivity contribution is 0.0699. The molecule has 1 aromatic carbocycles. The van der Waals surface area contributed by atoms with Gasteiger partial charge in [0.25, 0.3) is 12.0 Å². The molecule has 0 radical (unpaired) electrons. The predicted octanol–water partition coefficient (Wildman–Crippen LogP) is 5.21. The molecule has 5 heterocycles. The van der Waals surface area contributed by atoms with Crippen LogP contribution >= 0.6 is 22.9 Å². The Labute approximate surface area is 275 Å². The first-order valence-corrected chi connectivity index (χ1v) is 16.0. The lowest BCUT2D eigenvalue weighted by Gasteiger charge is -2.35. The second-order valence-corrected chi connectivity index (χ2v) is 12.7. The summed E-state index contributed by atoms with van der Waals surface area (Å²) in [4.78, 5) is 42.9. The van der Waals surface area contributed by atoms with Crippen molar-refractivity contribution in [1.29, 1.82) is 5.26 Å². The maximum atomic E-state index is 13.9. The summed E-state index contributed by atoms with van der Waals surface area (Å²) in [6.07, 6.45) is 1.21. The molecule has 7 rings (SSSR count). The molecule has 2 aliphatic rings. The summed E-state index contributed by atoms with van der Waals surface area (Å²) in [5.41, 5.74) is 1.82. The van der Waals surface area contributed by atoms with Gasteiger partial charge < -0.3 is 14.7 Å². The van der Waals surface area contributed by atoms with Crippen molar-refractivity contribution < 1.29 is 23.4 Å². The average molecular weight is 678 g/mol. The molecule has 5 aromatic rings. The number of rotatable bonds is 9. The third kappa shape index (κ3) is 5.54. The smallest absolute Gasteiger partial charge is 0.338 e. The number of aromatic nitrogens is 4. The number of pyridine rings is 2. The highest BCUT2D eigenvalue weighted by Crippen LogP contribution is 2.41. The number of benzene rings is 1. The number of nitrogens with zero attached hydrogens (tertiary/aromatic N) is 7. The van der Waals surface area contributed by atoms with E-state index in [-0.39, 0.29) is 48.3 Å². The minimum absolute atomic E-state index is 0.0100. The molecule has 240 valence electrons. The standard InChI is InChI=1S/C32H26ClF2N7O4S/c1-16-39-28-26(17(12-36)13-38-30(28)42-7-6-40(14-25(34)35)22-11-23(22)42)31(43)41(16)8-9-46-24-3-2-18(33)10-20(24)19-4-5-37-27-21(32(44)45)15-47-29(19)27/h2-5,10,13,15,22-23,25H,6-9,11,14H2,1H3,(H,44,45). The number of piperazine rings is 1. The zero-order valence-electron chi connectivity index (χ0n) is 24.9. The SMILES string of the molecule is Cc1nc2c(N3CCN(CC(F)F)C4CC43)ncc(C#N)c2c(=O)n1CCOc1ccc(Cl)cc1-c1ccnc2c(C(=O)O)csc12. The van der Waals surface area contributed by atoms with Crippen molar-refractivity contribution in [1.82, 2.24) is 24.4 Å². The molecule has 1 aliphatic carbocycles.